The Bertz CT molecular complexity index is 337. The molecule has 1 aromatic carbocycles. The van der Waals surface area contributed by atoms with Crippen molar-refractivity contribution in [3.63, 3.8) is 0 Å². The van der Waals surface area contributed by atoms with E-state index in [4.69, 9.17) is 4.74 Å². The third-order valence-corrected chi connectivity index (χ3v) is 2.54. The van der Waals surface area contributed by atoms with Crippen molar-refractivity contribution >= 4 is 21.6 Å². The lowest BCUT2D eigenvalue weighted by Gasteiger charge is -2.13. The van der Waals surface area contributed by atoms with Crippen LogP contribution in [-0.4, -0.2) is 20.3 Å². The van der Waals surface area contributed by atoms with E-state index in [1.807, 2.05) is 6.92 Å². The molecule has 0 amide bonds. The Hall–Kier alpha value is -0.680. The average molecular weight is 294 g/mol. The molecular formula is C11H14BrF2NO. The quantitative estimate of drug-likeness (QED) is 0.898. The van der Waals surface area contributed by atoms with Crippen molar-refractivity contribution in [3.05, 3.63) is 28.2 Å². The highest BCUT2D eigenvalue weighted by Gasteiger charge is 2.11. The molecule has 0 saturated carbocycles. The summed E-state index contributed by atoms with van der Waals surface area (Å²) in [6.07, 6.45) is 0. The van der Waals surface area contributed by atoms with E-state index in [2.05, 4.69) is 21.2 Å². The van der Waals surface area contributed by atoms with Crippen molar-refractivity contribution in [3.8, 4) is 0 Å². The fourth-order valence-electron chi connectivity index (χ4n) is 1.33. The normalized spacial score (nSPS) is 12.6. The summed E-state index contributed by atoms with van der Waals surface area (Å²) in [5.74, 6) is -1.01. The van der Waals surface area contributed by atoms with Crippen molar-refractivity contribution in [1.82, 2.24) is 0 Å². The SMILES string of the molecule is COCC(C)CNc1c(F)cc(Br)cc1F. The molecule has 1 N–H and O–H groups in total. The fraction of sp³-hybridized carbons (Fsp3) is 0.455. The molecule has 0 aliphatic carbocycles. The highest BCUT2D eigenvalue weighted by molar-refractivity contribution is 9.10. The van der Waals surface area contributed by atoms with Gasteiger partial charge in [0, 0.05) is 18.1 Å². The topological polar surface area (TPSA) is 21.3 Å². The molecule has 1 rings (SSSR count). The van der Waals surface area contributed by atoms with E-state index in [-0.39, 0.29) is 11.6 Å². The summed E-state index contributed by atoms with van der Waals surface area (Å²) >= 11 is 3.02. The van der Waals surface area contributed by atoms with E-state index < -0.39 is 11.6 Å². The van der Waals surface area contributed by atoms with Crippen LogP contribution in [0.2, 0.25) is 0 Å². The molecule has 0 spiro atoms. The maximum atomic E-state index is 13.4. The van der Waals surface area contributed by atoms with Crippen LogP contribution in [0.5, 0.6) is 0 Å². The molecule has 90 valence electrons. The zero-order chi connectivity index (χ0) is 12.1. The van der Waals surface area contributed by atoms with Gasteiger partial charge >= 0.3 is 0 Å². The van der Waals surface area contributed by atoms with E-state index >= 15 is 0 Å². The van der Waals surface area contributed by atoms with Crippen molar-refractivity contribution in [1.29, 1.82) is 0 Å². The number of methoxy groups -OCH3 is 1. The lowest BCUT2D eigenvalue weighted by molar-refractivity contribution is 0.164. The molecule has 0 aliphatic rings. The molecule has 16 heavy (non-hydrogen) atoms. The van der Waals surface area contributed by atoms with E-state index in [9.17, 15) is 8.78 Å². The van der Waals surface area contributed by atoms with Gasteiger partial charge in [0.15, 0.2) is 0 Å². The standard InChI is InChI=1S/C11H14BrF2NO/c1-7(6-16-2)5-15-11-9(13)3-8(12)4-10(11)14/h3-4,7,15H,5-6H2,1-2H3. The molecule has 2 nitrogen and oxygen atoms in total. The summed E-state index contributed by atoms with van der Waals surface area (Å²) in [7, 11) is 1.59. The van der Waals surface area contributed by atoms with Gasteiger partial charge in [0.25, 0.3) is 0 Å². The van der Waals surface area contributed by atoms with Gasteiger partial charge in [0.2, 0.25) is 0 Å². The number of hydrogen-bond donors (Lipinski definition) is 1. The van der Waals surface area contributed by atoms with Crippen molar-refractivity contribution in [2.45, 2.75) is 6.92 Å². The number of ether oxygens (including phenoxy) is 1. The summed E-state index contributed by atoms with van der Waals surface area (Å²) in [6.45, 7) is 2.95. The number of nitrogens with one attached hydrogen (secondary N) is 1. The summed E-state index contributed by atoms with van der Waals surface area (Å²) < 4.78 is 32.1. The first-order valence-electron chi connectivity index (χ1n) is 4.92. The minimum absolute atomic E-state index is 0.0915. The van der Waals surface area contributed by atoms with Gasteiger partial charge in [0.1, 0.15) is 17.3 Å². The molecule has 0 heterocycles. The first kappa shape index (κ1) is 13.4. The number of halogens is 3. The highest BCUT2D eigenvalue weighted by atomic mass is 79.9. The van der Waals surface area contributed by atoms with Crippen LogP contribution in [0.3, 0.4) is 0 Å². The van der Waals surface area contributed by atoms with Crippen LogP contribution in [0.4, 0.5) is 14.5 Å². The first-order valence-corrected chi connectivity index (χ1v) is 5.71. The Morgan fingerprint density at radius 3 is 2.44 bits per heavy atom. The second-order valence-electron chi connectivity index (χ2n) is 3.69. The van der Waals surface area contributed by atoms with E-state index in [0.717, 1.165) is 0 Å². The number of rotatable bonds is 5. The average Bonchev–Trinajstić information content (AvgIpc) is 2.16. The van der Waals surface area contributed by atoms with Crippen molar-refractivity contribution in [2.75, 3.05) is 25.6 Å². The van der Waals surface area contributed by atoms with Crippen LogP contribution in [0.15, 0.2) is 16.6 Å². The van der Waals surface area contributed by atoms with Crippen LogP contribution in [0.1, 0.15) is 6.92 Å². The second-order valence-corrected chi connectivity index (χ2v) is 4.60. The van der Waals surface area contributed by atoms with E-state index in [1.54, 1.807) is 7.11 Å². The third-order valence-electron chi connectivity index (χ3n) is 2.09. The molecule has 1 aromatic rings. The van der Waals surface area contributed by atoms with Crippen LogP contribution in [0.25, 0.3) is 0 Å². The fourth-order valence-corrected chi connectivity index (χ4v) is 1.73. The number of anilines is 1. The molecule has 5 heteroatoms. The third kappa shape index (κ3) is 3.72. The summed E-state index contributed by atoms with van der Waals surface area (Å²) in [5, 5.41) is 2.74. The lowest BCUT2D eigenvalue weighted by Crippen LogP contribution is -2.17. The Morgan fingerprint density at radius 1 is 1.38 bits per heavy atom. The Kier molecular flexibility index (Phi) is 5.15. The van der Waals surface area contributed by atoms with Gasteiger partial charge in [-0.3, -0.25) is 0 Å². The first-order chi connectivity index (χ1) is 7.54. The van der Waals surface area contributed by atoms with Crippen LogP contribution in [-0.2, 0) is 4.74 Å². The Morgan fingerprint density at radius 2 is 1.94 bits per heavy atom. The molecule has 1 unspecified atom stereocenters. The predicted molar refractivity (Wildman–Crippen MR) is 63.6 cm³/mol. The molecule has 0 radical (unpaired) electrons. The zero-order valence-corrected chi connectivity index (χ0v) is 10.8. The molecule has 0 bridgehead atoms. The van der Waals surface area contributed by atoms with Gasteiger partial charge in [-0.2, -0.15) is 0 Å². The van der Waals surface area contributed by atoms with Gasteiger partial charge in [-0.25, -0.2) is 8.78 Å². The second kappa shape index (κ2) is 6.15. The summed E-state index contributed by atoms with van der Waals surface area (Å²) in [4.78, 5) is 0. The van der Waals surface area contributed by atoms with Crippen LogP contribution < -0.4 is 5.32 Å². The summed E-state index contributed by atoms with van der Waals surface area (Å²) in [6, 6.07) is 2.46. The van der Waals surface area contributed by atoms with Gasteiger partial charge in [-0.05, 0) is 18.1 Å². The van der Waals surface area contributed by atoms with Crippen LogP contribution >= 0.6 is 15.9 Å². The van der Waals surface area contributed by atoms with Gasteiger partial charge in [-0.15, -0.1) is 0 Å². The maximum Gasteiger partial charge on any atom is 0.150 e. The monoisotopic (exact) mass is 293 g/mol. The minimum Gasteiger partial charge on any atom is -0.384 e. The Labute approximate surface area is 102 Å². The maximum absolute atomic E-state index is 13.4. The van der Waals surface area contributed by atoms with Crippen molar-refractivity contribution in [2.24, 2.45) is 5.92 Å². The van der Waals surface area contributed by atoms with E-state index in [1.165, 1.54) is 12.1 Å². The van der Waals surface area contributed by atoms with Crippen molar-refractivity contribution < 1.29 is 13.5 Å². The molecular weight excluding hydrogens is 280 g/mol. The lowest BCUT2D eigenvalue weighted by atomic mass is 10.2. The Balaban J connectivity index is 2.67. The van der Waals surface area contributed by atoms with E-state index in [0.29, 0.717) is 17.6 Å². The predicted octanol–water partition coefficient (Wildman–Crippen LogP) is 3.42. The van der Waals surface area contributed by atoms with Gasteiger partial charge < -0.3 is 10.1 Å². The smallest absolute Gasteiger partial charge is 0.150 e. The zero-order valence-electron chi connectivity index (χ0n) is 9.19. The van der Waals surface area contributed by atoms with Crippen LogP contribution in [0, 0.1) is 17.6 Å². The molecule has 0 aromatic heterocycles. The molecule has 1 atom stereocenters. The number of hydrogen-bond acceptors (Lipinski definition) is 2. The molecule has 0 fully saturated rings. The highest BCUT2D eigenvalue weighted by Crippen LogP contribution is 2.23. The number of benzene rings is 1. The largest absolute Gasteiger partial charge is 0.384 e. The van der Waals surface area contributed by atoms with Gasteiger partial charge in [-0.1, -0.05) is 22.9 Å². The minimum atomic E-state index is -0.600. The molecule has 0 aliphatic heterocycles. The summed E-state index contributed by atoms with van der Waals surface area (Å²) in [5.41, 5.74) is -0.0915. The molecule has 0 saturated heterocycles. The van der Waals surface area contributed by atoms with Gasteiger partial charge in [0.05, 0.1) is 6.61 Å².